The van der Waals surface area contributed by atoms with Gasteiger partial charge in [-0.3, -0.25) is 5.43 Å². The summed E-state index contributed by atoms with van der Waals surface area (Å²) in [5.74, 6) is -0.449. The first-order chi connectivity index (χ1) is 4.76. The first kappa shape index (κ1) is 8.68. The van der Waals surface area contributed by atoms with Crippen LogP contribution in [0.25, 0.3) is 0 Å². The van der Waals surface area contributed by atoms with Crippen LogP contribution < -0.4 is 5.43 Å². The Kier molecular flexibility index (Phi) is 3.95. The van der Waals surface area contributed by atoms with Gasteiger partial charge in [-0.2, -0.15) is 5.10 Å². The van der Waals surface area contributed by atoms with Gasteiger partial charge >= 0.3 is 5.97 Å². The third-order valence-corrected chi connectivity index (χ3v) is 0.893. The standard InChI is InChI=1S/C6H10N2O2/c1-4-5(8-7-2)6(9)10-3/h4,8H,2H2,1,3H3/b5-4-. The second kappa shape index (κ2) is 4.55. The summed E-state index contributed by atoms with van der Waals surface area (Å²) in [6.45, 7) is 4.85. The Morgan fingerprint density at radius 3 is 2.70 bits per heavy atom. The van der Waals surface area contributed by atoms with E-state index in [2.05, 4.69) is 22.0 Å². The topological polar surface area (TPSA) is 50.7 Å². The van der Waals surface area contributed by atoms with Crippen LogP contribution in [-0.4, -0.2) is 19.8 Å². The smallest absolute Gasteiger partial charge is 0.355 e. The maximum Gasteiger partial charge on any atom is 0.355 e. The van der Waals surface area contributed by atoms with Crippen LogP contribution in [0.15, 0.2) is 16.9 Å². The molecule has 0 aromatic heterocycles. The van der Waals surface area contributed by atoms with E-state index in [1.165, 1.54) is 7.11 Å². The van der Waals surface area contributed by atoms with Gasteiger partial charge in [0, 0.05) is 6.72 Å². The number of nitrogens with zero attached hydrogens (tertiary/aromatic N) is 1. The van der Waals surface area contributed by atoms with Crippen LogP contribution in [0.4, 0.5) is 0 Å². The Morgan fingerprint density at radius 1 is 1.80 bits per heavy atom. The van der Waals surface area contributed by atoms with Crippen molar-refractivity contribution in [1.29, 1.82) is 0 Å². The molecule has 0 unspecified atom stereocenters. The second-order valence-electron chi connectivity index (χ2n) is 1.46. The van der Waals surface area contributed by atoms with Crippen molar-refractivity contribution in [3.8, 4) is 0 Å². The molecular weight excluding hydrogens is 132 g/mol. The first-order valence-electron chi connectivity index (χ1n) is 2.72. The summed E-state index contributed by atoms with van der Waals surface area (Å²) in [5.41, 5.74) is 2.67. The number of hydrogen-bond donors (Lipinski definition) is 1. The monoisotopic (exact) mass is 142 g/mol. The Labute approximate surface area is 59.6 Å². The summed E-state index contributed by atoms with van der Waals surface area (Å²) in [7, 11) is 1.30. The fourth-order valence-electron chi connectivity index (χ4n) is 0.423. The molecule has 0 aliphatic carbocycles. The third kappa shape index (κ3) is 2.30. The van der Waals surface area contributed by atoms with Crippen molar-refractivity contribution in [1.82, 2.24) is 5.43 Å². The molecule has 0 fully saturated rings. The summed E-state index contributed by atoms with van der Waals surface area (Å²) in [5, 5.41) is 3.31. The first-order valence-corrected chi connectivity index (χ1v) is 2.72. The molecule has 0 radical (unpaired) electrons. The van der Waals surface area contributed by atoms with Gasteiger partial charge in [-0.1, -0.05) is 6.08 Å². The van der Waals surface area contributed by atoms with Crippen LogP contribution in [-0.2, 0) is 9.53 Å². The van der Waals surface area contributed by atoms with Crippen molar-refractivity contribution in [3.63, 3.8) is 0 Å². The molecule has 0 spiro atoms. The highest BCUT2D eigenvalue weighted by molar-refractivity contribution is 5.87. The number of allylic oxidation sites excluding steroid dienone is 1. The average Bonchev–Trinajstić information content (AvgIpc) is 1.99. The molecule has 0 saturated carbocycles. The minimum atomic E-state index is -0.449. The Balaban J connectivity index is 4.08. The predicted octanol–water partition coefficient (Wildman–Crippen LogP) is 0.268. The zero-order valence-electron chi connectivity index (χ0n) is 6.05. The van der Waals surface area contributed by atoms with Gasteiger partial charge in [0.05, 0.1) is 7.11 Å². The largest absolute Gasteiger partial charge is 0.464 e. The molecule has 0 bridgehead atoms. The molecule has 10 heavy (non-hydrogen) atoms. The number of carbonyl (C=O) groups is 1. The molecule has 56 valence electrons. The maximum atomic E-state index is 10.7. The minimum Gasteiger partial charge on any atom is -0.464 e. The summed E-state index contributed by atoms with van der Waals surface area (Å²) >= 11 is 0. The van der Waals surface area contributed by atoms with Gasteiger partial charge < -0.3 is 4.74 Å². The SMILES string of the molecule is C=NN/C(=C\C)C(=O)OC. The molecule has 0 heterocycles. The van der Waals surface area contributed by atoms with E-state index in [0.717, 1.165) is 0 Å². The van der Waals surface area contributed by atoms with E-state index < -0.39 is 5.97 Å². The number of rotatable bonds is 3. The molecule has 0 aromatic rings. The number of nitrogens with one attached hydrogen (secondary N) is 1. The number of methoxy groups -OCH3 is 1. The minimum absolute atomic E-state index is 0.289. The van der Waals surface area contributed by atoms with Crippen LogP contribution in [0.5, 0.6) is 0 Å². The van der Waals surface area contributed by atoms with Gasteiger partial charge in [0.1, 0.15) is 5.70 Å². The van der Waals surface area contributed by atoms with Gasteiger partial charge in [0.15, 0.2) is 0 Å². The van der Waals surface area contributed by atoms with Gasteiger partial charge in [-0.15, -0.1) is 0 Å². The lowest BCUT2D eigenvalue weighted by Gasteiger charge is -2.00. The molecule has 0 amide bonds. The van der Waals surface area contributed by atoms with Gasteiger partial charge in [0.2, 0.25) is 0 Å². The normalized spacial score (nSPS) is 10.4. The molecule has 0 rings (SSSR count). The van der Waals surface area contributed by atoms with Gasteiger partial charge in [-0.05, 0) is 6.92 Å². The molecule has 4 nitrogen and oxygen atoms in total. The van der Waals surface area contributed by atoms with Gasteiger partial charge in [0.25, 0.3) is 0 Å². The molecule has 0 aromatic carbocycles. The highest BCUT2D eigenvalue weighted by Crippen LogP contribution is 1.90. The number of carbonyl (C=O) groups excluding carboxylic acids is 1. The highest BCUT2D eigenvalue weighted by atomic mass is 16.5. The number of hydrogen-bond acceptors (Lipinski definition) is 4. The van der Waals surface area contributed by atoms with Crippen LogP contribution in [0.3, 0.4) is 0 Å². The molecule has 4 heteroatoms. The van der Waals surface area contributed by atoms with Crippen molar-refractivity contribution in [2.45, 2.75) is 6.92 Å². The number of hydrazone groups is 1. The zero-order chi connectivity index (χ0) is 7.98. The Morgan fingerprint density at radius 2 is 2.40 bits per heavy atom. The lowest BCUT2D eigenvalue weighted by molar-refractivity contribution is -0.136. The number of esters is 1. The fraction of sp³-hybridized carbons (Fsp3) is 0.333. The molecular formula is C6H10N2O2. The molecule has 0 aliphatic rings. The Hall–Kier alpha value is -1.32. The van der Waals surface area contributed by atoms with Crippen molar-refractivity contribution in [2.24, 2.45) is 5.10 Å². The zero-order valence-corrected chi connectivity index (χ0v) is 6.05. The van der Waals surface area contributed by atoms with Crippen molar-refractivity contribution in [3.05, 3.63) is 11.8 Å². The van der Waals surface area contributed by atoms with Crippen molar-refractivity contribution in [2.75, 3.05) is 7.11 Å². The molecule has 0 atom stereocenters. The van der Waals surface area contributed by atoms with Gasteiger partial charge in [-0.25, -0.2) is 4.79 Å². The van der Waals surface area contributed by atoms with E-state index >= 15 is 0 Å². The van der Waals surface area contributed by atoms with E-state index in [-0.39, 0.29) is 5.70 Å². The van der Waals surface area contributed by atoms with E-state index in [1.54, 1.807) is 13.0 Å². The van der Waals surface area contributed by atoms with E-state index in [1.807, 2.05) is 0 Å². The lowest BCUT2D eigenvalue weighted by atomic mass is 10.4. The molecule has 0 saturated heterocycles. The maximum absolute atomic E-state index is 10.7. The highest BCUT2D eigenvalue weighted by Gasteiger charge is 2.04. The van der Waals surface area contributed by atoms with Crippen molar-refractivity contribution >= 4 is 12.7 Å². The summed E-state index contributed by atoms with van der Waals surface area (Å²) in [4.78, 5) is 10.7. The predicted molar refractivity (Wildman–Crippen MR) is 38.5 cm³/mol. The van der Waals surface area contributed by atoms with Crippen LogP contribution in [0.2, 0.25) is 0 Å². The van der Waals surface area contributed by atoms with Crippen LogP contribution in [0, 0.1) is 0 Å². The molecule has 0 aliphatic heterocycles. The van der Waals surface area contributed by atoms with E-state index in [4.69, 9.17) is 0 Å². The van der Waals surface area contributed by atoms with E-state index in [0.29, 0.717) is 0 Å². The second-order valence-corrected chi connectivity index (χ2v) is 1.46. The fourth-order valence-corrected chi connectivity index (χ4v) is 0.423. The quantitative estimate of drug-likeness (QED) is 0.266. The van der Waals surface area contributed by atoms with E-state index in [9.17, 15) is 4.79 Å². The number of ether oxygens (including phenoxy) is 1. The summed E-state index contributed by atoms with van der Waals surface area (Å²) in [6, 6.07) is 0. The van der Waals surface area contributed by atoms with Crippen molar-refractivity contribution < 1.29 is 9.53 Å². The van der Waals surface area contributed by atoms with Crippen LogP contribution >= 0.6 is 0 Å². The third-order valence-electron chi connectivity index (χ3n) is 0.893. The summed E-state index contributed by atoms with van der Waals surface area (Å²) in [6.07, 6.45) is 1.56. The van der Waals surface area contributed by atoms with Crippen LogP contribution in [0.1, 0.15) is 6.92 Å². The summed E-state index contributed by atoms with van der Waals surface area (Å²) < 4.78 is 4.40. The average molecular weight is 142 g/mol. The molecule has 1 N–H and O–H groups in total. The Bertz CT molecular complexity index is 163. The lowest BCUT2D eigenvalue weighted by Crippen LogP contribution is -2.15.